The Morgan fingerprint density at radius 1 is 1.11 bits per heavy atom. The lowest BCUT2D eigenvalue weighted by Gasteiger charge is -2.15. The summed E-state index contributed by atoms with van der Waals surface area (Å²) in [5.74, 6) is 0.256. The van der Waals surface area contributed by atoms with Crippen LogP contribution in [-0.4, -0.2) is 7.11 Å². The highest BCUT2D eigenvalue weighted by Crippen LogP contribution is 2.37. The molecule has 1 nitrogen and oxygen atoms in total. The van der Waals surface area contributed by atoms with Crippen molar-refractivity contribution in [2.75, 3.05) is 7.11 Å². The zero-order valence-electron chi connectivity index (χ0n) is 10.6. The smallest absolute Gasteiger partial charge is 0.128 e. The predicted molar refractivity (Wildman–Crippen MR) is 76.8 cm³/mol. The number of ether oxygens (including phenoxy) is 1. The average Bonchev–Trinajstić information content (AvgIpc) is 2.38. The minimum atomic E-state index is -0.644. The lowest BCUT2D eigenvalue weighted by Crippen LogP contribution is -2.00. The third kappa shape index (κ3) is 3.02. The number of aryl methyl sites for hydroxylation is 1. The van der Waals surface area contributed by atoms with Crippen molar-refractivity contribution in [3.8, 4) is 5.75 Å². The van der Waals surface area contributed by atoms with Crippen LogP contribution in [0.1, 0.15) is 22.1 Å². The zero-order valence-corrected chi connectivity index (χ0v) is 12.1. The summed E-state index contributed by atoms with van der Waals surface area (Å²) in [4.78, 5) is 0. The summed E-state index contributed by atoms with van der Waals surface area (Å²) in [6.45, 7) is 1.83. The lowest BCUT2D eigenvalue weighted by molar-refractivity contribution is 0.410. The van der Waals surface area contributed by atoms with Gasteiger partial charge in [0.15, 0.2) is 0 Å². The highest BCUT2D eigenvalue weighted by atomic mass is 35.5. The van der Waals surface area contributed by atoms with Gasteiger partial charge < -0.3 is 4.74 Å². The SMILES string of the molecule is COc1ccc(Cl)cc1C(Cl)c1ccc(C)cc1F. The molecule has 0 aliphatic carbocycles. The van der Waals surface area contributed by atoms with Crippen LogP contribution in [0.3, 0.4) is 0 Å². The quantitative estimate of drug-likeness (QED) is 0.714. The highest BCUT2D eigenvalue weighted by Gasteiger charge is 2.19. The van der Waals surface area contributed by atoms with Gasteiger partial charge in [0.25, 0.3) is 0 Å². The molecule has 0 N–H and O–H groups in total. The van der Waals surface area contributed by atoms with Gasteiger partial charge in [-0.1, -0.05) is 23.7 Å². The maximum absolute atomic E-state index is 14.0. The number of methoxy groups -OCH3 is 1. The van der Waals surface area contributed by atoms with Crippen molar-refractivity contribution in [1.82, 2.24) is 0 Å². The molecule has 0 radical (unpaired) electrons. The van der Waals surface area contributed by atoms with Gasteiger partial charge in [-0.3, -0.25) is 0 Å². The van der Waals surface area contributed by atoms with E-state index in [1.807, 2.05) is 13.0 Å². The molecule has 0 amide bonds. The van der Waals surface area contributed by atoms with Gasteiger partial charge in [0.1, 0.15) is 11.6 Å². The molecule has 100 valence electrons. The molecule has 1 atom stereocenters. The maximum Gasteiger partial charge on any atom is 0.128 e. The number of rotatable bonds is 3. The second-order valence-electron chi connectivity index (χ2n) is 4.27. The Balaban J connectivity index is 2.49. The number of alkyl halides is 1. The molecule has 2 rings (SSSR count). The highest BCUT2D eigenvalue weighted by molar-refractivity contribution is 6.31. The predicted octanol–water partition coefficient (Wildman–Crippen LogP) is 5.12. The van der Waals surface area contributed by atoms with Crippen molar-refractivity contribution >= 4 is 23.2 Å². The third-order valence-electron chi connectivity index (χ3n) is 2.89. The number of hydrogen-bond acceptors (Lipinski definition) is 1. The molecule has 0 heterocycles. The fraction of sp³-hybridized carbons (Fsp3) is 0.200. The summed E-state index contributed by atoms with van der Waals surface area (Å²) >= 11 is 12.3. The van der Waals surface area contributed by atoms with Crippen molar-refractivity contribution in [2.45, 2.75) is 12.3 Å². The Hall–Kier alpha value is -1.25. The first-order valence-corrected chi connectivity index (χ1v) is 6.58. The van der Waals surface area contributed by atoms with Gasteiger partial charge in [-0.25, -0.2) is 4.39 Å². The van der Waals surface area contributed by atoms with Crippen LogP contribution in [0.2, 0.25) is 5.02 Å². The molecule has 0 fully saturated rings. The van der Waals surface area contributed by atoms with E-state index in [4.69, 9.17) is 27.9 Å². The number of halogens is 3. The van der Waals surface area contributed by atoms with Gasteiger partial charge in [0, 0.05) is 16.1 Å². The first kappa shape index (κ1) is 14.2. The second-order valence-corrected chi connectivity index (χ2v) is 5.15. The van der Waals surface area contributed by atoms with Crippen LogP contribution >= 0.6 is 23.2 Å². The Kier molecular flexibility index (Phi) is 4.33. The molecular formula is C15H13Cl2FO. The van der Waals surface area contributed by atoms with E-state index < -0.39 is 5.38 Å². The summed E-state index contributed by atoms with van der Waals surface area (Å²) in [6, 6.07) is 10.1. The van der Waals surface area contributed by atoms with Crippen LogP contribution in [0.4, 0.5) is 4.39 Å². The van der Waals surface area contributed by atoms with E-state index in [0.29, 0.717) is 21.9 Å². The van der Waals surface area contributed by atoms with Crippen LogP contribution in [0.5, 0.6) is 5.75 Å². The second kappa shape index (κ2) is 5.81. The Morgan fingerprint density at radius 2 is 1.84 bits per heavy atom. The van der Waals surface area contributed by atoms with E-state index in [1.54, 1.807) is 31.4 Å². The molecule has 2 aromatic carbocycles. The normalized spacial score (nSPS) is 12.3. The fourth-order valence-electron chi connectivity index (χ4n) is 1.91. The van der Waals surface area contributed by atoms with E-state index in [1.165, 1.54) is 6.07 Å². The van der Waals surface area contributed by atoms with Gasteiger partial charge in [0.2, 0.25) is 0 Å². The van der Waals surface area contributed by atoms with Gasteiger partial charge in [-0.15, -0.1) is 11.6 Å². The van der Waals surface area contributed by atoms with Crippen LogP contribution in [0.15, 0.2) is 36.4 Å². The molecule has 0 spiro atoms. The molecule has 0 saturated heterocycles. The molecule has 0 saturated carbocycles. The van der Waals surface area contributed by atoms with Crippen LogP contribution in [0.25, 0.3) is 0 Å². The molecule has 0 aliphatic heterocycles. The monoisotopic (exact) mass is 298 g/mol. The minimum absolute atomic E-state index is 0.331. The molecule has 19 heavy (non-hydrogen) atoms. The zero-order chi connectivity index (χ0) is 14.0. The van der Waals surface area contributed by atoms with E-state index in [2.05, 4.69) is 0 Å². The summed E-state index contributed by atoms with van der Waals surface area (Å²) in [7, 11) is 1.54. The summed E-state index contributed by atoms with van der Waals surface area (Å²) in [6.07, 6.45) is 0. The van der Waals surface area contributed by atoms with E-state index in [-0.39, 0.29) is 5.82 Å². The van der Waals surface area contributed by atoms with E-state index in [0.717, 1.165) is 5.56 Å². The van der Waals surface area contributed by atoms with Crippen LogP contribution in [0, 0.1) is 12.7 Å². The summed E-state index contributed by atoms with van der Waals surface area (Å²) in [5.41, 5.74) is 1.91. The van der Waals surface area contributed by atoms with Crippen LogP contribution in [-0.2, 0) is 0 Å². The van der Waals surface area contributed by atoms with E-state index >= 15 is 0 Å². The number of hydrogen-bond donors (Lipinski definition) is 0. The minimum Gasteiger partial charge on any atom is -0.496 e. The molecule has 2 aromatic rings. The van der Waals surface area contributed by atoms with Crippen LogP contribution < -0.4 is 4.74 Å². The maximum atomic E-state index is 14.0. The Morgan fingerprint density at radius 3 is 2.47 bits per heavy atom. The molecular weight excluding hydrogens is 286 g/mol. The van der Waals surface area contributed by atoms with Crippen molar-refractivity contribution in [1.29, 1.82) is 0 Å². The van der Waals surface area contributed by atoms with Gasteiger partial charge in [0.05, 0.1) is 12.5 Å². The Bertz CT molecular complexity index is 599. The van der Waals surface area contributed by atoms with Crippen molar-refractivity contribution in [2.24, 2.45) is 0 Å². The topological polar surface area (TPSA) is 9.23 Å². The van der Waals surface area contributed by atoms with Gasteiger partial charge in [-0.2, -0.15) is 0 Å². The molecule has 4 heteroatoms. The van der Waals surface area contributed by atoms with E-state index in [9.17, 15) is 4.39 Å². The van der Waals surface area contributed by atoms with Crippen molar-refractivity contribution in [3.05, 3.63) is 63.9 Å². The largest absolute Gasteiger partial charge is 0.496 e. The van der Waals surface area contributed by atoms with Crippen molar-refractivity contribution < 1.29 is 9.13 Å². The molecule has 1 unspecified atom stereocenters. The average molecular weight is 299 g/mol. The fourth-order valence-corrected chi connectivity index (χ4v) is 2.44. The summed E-state index contributed by atoms with van der Waals surface area (Å²) in [5, 5.41) is -0.108. The molecule has 0 aliphatic rings. The van der Waals surface area contributed by atoms with Gasteiger partial charge >= 0.3 is 0 Å². The first-order valence-electron chi connectivity index (χ1n) is 5.76. The molecule has 0 aromatic heterocycles. The Labute approximate surface area is 121 Å². The third-order valence-corrected chi connectivity index (χ3v) is 3.60. The number of benzene rings is 2. The summed E-state index contributed by atoms with van der Waals surface area (Å²) < 4.78 is 19.2. The standard InChI is InChI=1S/C15H13Cl2FO/c1-9-3-5-11(13(18)7-9)15(17)12-8-10(16)4-6-14(12)19-2/h3-8,15H,1-2H3. The molecule has 0 bridgehead atoms. The lowest BCUT2D eigenvalue weighted by atomic mass is 10.0. The van der Waals surface area contributed by atoms with Crippen molar-refractivity contribution in [3.63, 3.8) is 0 Å². The first-order chi connectivity index (χ1) is 9.02. The van der Waals surface area contributed by atoms with Gasteiger partial charge in [-0.05, 0) is 36.8 Å².